The summed E-state index contributed by atoms with van der Waals surface area (Å²) in [6.07, 6.45) is 7.15. The summed E-state index contributed by atoms with van der Waals surface area (Å²) in [5.41, 5.74) is 2.59. The Morgan fingerprint density at radius 1 is 1.10 bits per heavy atom. The minimum Gasteiger partial charge on any atom is -0.359 e. The van der Waals surface area contributed by atoms with Gasteiger partial charge >= 0.3 is 0 Å². The molecule has 1 amide bonds. The average molecular weight is 405 g/mol. The number of hydrogen-bond donors (Lipinski definition) is 2. The van der Waals surface area contributed by atoms with Gasteiger partial charge in [0.2, 0.25) is 0 Å². The number of nitrogens with one attached hydrogen (secondary N) is 1. The van der Waals surface area contributed by atoms with Gasteiger partial charge in [0.1, 0.15) is 17.3 Å². The molecule has 0 radical (unpaired) electrons. The Hall–Kier alpha value is -3.84. The summed E-state index contributed by atoms with van der Waals surface area (Å²) in [6.45, 7) is -0.432. The number of fused-ring (bicyclic) bond motifs is 1. The minimum absolute atomic E-state index is 0.00137. The van der Waals surface area contributed by atoms with E-state index >= 15 is 0 Å². The topological polar surface area (TPSA) is 69.2 Å². The quantitative estimate of drug-likeness (QED) is 0.361. The summed E-state index contributed by atoms with van der Waals surface area (Å²) in [5, 5.41) is 11.2. The van der Waals surface area contributed by atoms with Gasteiger partial charge < -0.3 is 4.98 Å². The molecule has 0 saturated heterocycles. The fourth-order valence-corrected chi connectivity index (χ4v) is 3.06. The molecule has 4 aromatic rings. The van der Waals surface area contributed by atoms with Crippen molar-refractivity contribution in [2.24, 2.45) is 0 Å². The number of rotatable bonds is 5. The van der Waals surface area contributed by atoms with Crippen LogP contribution in [-0.2, 0) is 6.54 Å². The maximum absolute atomic E-state index is 13.8. The van der Waals surface area contributed by atoms with E-state index in [1.807, 2.05) is 42.5 Å². The number of aromatic amines is 1. The number of carbonyl (C=O) groups excluding carboxylic acids is 1. The monoisotopic (exact) mass is 405 g/mol. The summed E-state index contributed by atoms with van der Waals surface area (Å²) in [6, 6.07) is 14.3. The van der Waals surface area contributed by atoms with Crippen molar-refractivity contribution in [3.8, 4) is 0 Å². The van der Waals surface area contributed by atoms with Crippen molar-refractivity contribution in [3.05, 3.63) is 101 Å². The number of pyridine rings is 1. The fourth-order valence-electron chi connectivity index (χ4n) is 3.06. The Balaban J connectivity index is 1.57. The molecule has 2 aromatic carbocycles. The van der Waals surface area contributed by atoms with Crippen LogP contribution in [0.3, 0.4) is 0 Å². The van der Waals surface area contributed by atoms with Crippen molar-refractivity contribution in [3.63, 3.8) is 0 Å². The molecule has 0 aliphatic rings. The first-order valence-corrected chi connectivity index (χ1v) is 9.16. The molecule has 0 unspecified atom stereocenters. The number of hydrogen-bond acceptors (Lipinski definition) is 3. The Morgan fingerprint density at radius 3 is 2.67 bits per heavy atom. The molecule has 0 saturated carbocycles. The van der Waals surface area contributed by atoms with Crippen LogP contribution >= 0.6 is 0 Å². The molecule has 0 aliphatic carbocycles. The van der Waals surface area contributed by atoms with Crippen molar-refractivity contribution >= 4 is 29.0 Å². The largest absolute Gasteiger partial charge is 0.359 e. The fraction of sp³-hybridized carbons (Fsp3) is 0.0435. The first-order valence-electron chi connectivity index (χ1n) is 9.16. The van der Waals surface area contributed by atoms with E-state index in [-0.39, 0.29) is 11.3 Å². The van der Waals surface area contributed by atoms with E-state index in [1.54, 1.807) is 12.3 Å². The van der Waals surface area contributed by atoms with E-state index in [1.165, 1.54) is 12.3 Å². The van der Waals surface area contributed by atoms with Crippen LogP contribution in [-0.4, -0.2) is 26.1 Å². The molecule has 30 heavy (non-hydrogen) atoms. The van der Waals surface area contributed by atoms with Crippen LogP contribution in [0.2, 0.25) is 0 Å². The number of H-pyrrole nitrogens is 1. The van der Waals surface area contributed by atoms with E-state index in [0.717, 1.165) is 28.1 Å². The van der Waals surface area contributed by atoms with Crippen molar-refractivity contribution < 1.29 is 18.8 Å². The number of carbonyl (C=O) groups is 1. The second kappa shape index (κ2) is 8.26. The maximum atomic E-state index is 13.8. The number of nitrogens with zero attached hydrogens (tertiary/aromatic N) is 2. The van der Waals surface area contributed by atoms with Gasteiger partial charge in [-0.25, -0.2) is 18.8 Å². The molecule has 0 aliphatic heterocycles. The lowest BCUT2D eigenvalue weighted by Crippen LogP contribution is -2.28. The van der Waals surface area contributed by atoms with Gasteiger partial charge in [0.05, 0.1) is 18.3 Å². The molecule has 5 nitrogen and oxygen atoms in total. The van der Waals surface area contributed by atoms with Crippen LogP contribution in [0.4, 0.5) is 8.78 Å². The molecule has 0 bridgehead atoms. The van der Waals surface area contributed by atoms with Gasteiger partial charge in [-0.2, -0.15) is 0 Å². The molecule has 4 rings (SSSR count). The summed E-state index contributed by atoms with van der Waals surface area (Å²) in [4.78, 5) is 19.7. The van der Waals surface area contributed by atoms with Crippen molar-refractivity contribution in [2.45, 2.75) is 6.54 Å². The lowest BCUT2D eigenvalue weighted by molar-refractivity contribution is -0.0657. The van der Waals surface area contributed by atoms with Crippen LogP contribution in [0.1, 0.15) is 27.2 Å². The highest BCUT2D eigenvalue weighted by atomic mass is 19.1. The summed E-state index contributed by atoms with van der Waals surface area (Å²) in [7, 11) is 0. The third-order valence-electron chi connectivity index (χ3n) is 4.64. The molecular formula is C23H17F2N3O2. The molecule has 0 atom stereocenters. The van der Waals surface area contributed by atoms with Crippen molar-refractivity contribution in [1.82, 2.24) is 15.0 Å². The molecule has 150 valence electrons. The summed E-state index contributed by atoms with van der Waals surface area (Å²) < 4.78 is 26.8. The highest BCUT2D eigenvalue weighted by Gasteiger charge is 2.18. The first-order chi connectivity index (χ1) is 14.5. The Labute approximate surface area is 170 Å². The number of halogens is 2. The maximum Gasteiger partial charge on any atom is 0.296 e. The predicted octanol–water partition coefficient (Wildman–Crippen LogP) is 5.04. The molecule has 7 heteroatoms. The van der Waals surface area contributed by atoms with E-state index < -0.39 is 24.1 Å². The van der Waals surface area contributed by atoms with E-state index in [9.17, 15) is 18.8 Å². The van der Waals surface area contributed by atoms with Crippen LogP contribution in [0.15, 0.2) is 67.0 Å². The predicted molar refractivity (Wildman–Crippen MR) is 109 cm³/mol. The van der Waals surface area contributed by atoms with Gasteiger partial charge in [0.25, 0.3) is 5.91 Å². The highest BCUT2D eigenvalue weighted by molar-refractivity contribution is 5.98. The van der Waals surface area contributed by atoms with Crippen LogP contribution in [0.5, 0.6) is 0 Å². The Bertz CT molecular complexity index is 1240. The van der Waals surface area contributed by atoms with Crippen LogP contribution in [0, 0.1) is 11.6 Å². The van der Waals surface area contributed by atoms with E-state index in [2.05, 4.69) is 9.97 Å². The van der Waals surface area contributed by atoms with Crippen LogP contribution in [0.25, 0.3) is 23.1 Å². The van der Waals surface area contributed by atoms with Gasteiger partial charge in [0, 0.05) is 23.2 Å². The number of hydroxylamine groups is 2. The van der Waals surface area contributed by atoms with Gasteiger partial charge in [-0.15, -0.1) is 0 Å². The number of amides is 1. The van der Waals surface area contributed by atoms with Gasteiger partial charge in [-0.3, -0.25) is 10.0 Å². The lowest BCUT2D eigenvalue weighted by Gasteiger charge is -2.15. The smallest absolute Gasteiger partial charge is 0.296 e. The molecule has 2 aromatic heterocycles. The molecule has 0 fully saturated rings. The number of aromatic nitrogens is 2. The summed E-state index contributed by atoms with van der Waals surface area (Å²) in [5.74, 6) is -2.37. The molecule has 0 spiro atoms. The Morgan fingerprint density at radius 2 is 1.90 bits per heavy atom. The third kappa shape index (κ3) is 4.11. The highest BCUT2D eigenvalue weighted by Crippen LogP contribution is 2.22. The molecule has 2 N–H and O–H groups in total. The van der Waals surface area contributed by atoms with Gasteiger partial charge in [0.15, 0.2) is 0 Å². The SMILES string of the molecule is O=C(c1cc2c(C=Cc3ccccc3)c[nH]c2cn1)N(O)Cc1ccc(F)cc1F. The zero-order chi connectivity index (χ0) is 21.1. The molecular weight excluding hydrogens is 388 g/mol. The normalized spacial score (nSPS) is 11.3. The lowest BCUT2D eigenvalue weighted by atomic mass is 10.1. The molecule has 2 heterocycles. The average Bonchev–Trinajstić information content (AvgIpc) is 3.16. The van der Waals surface area contributed by atoms with Gasteiger partial charge in [-0.1, -0.05) is 48.6 Å². The van der Waals surface area contributed by atoms with Crippen molar-refractivity contribution in [1.29, 1.82) is 0 Å². The first kappa shape index (κ1) is 19.5. The zero-order valence-corrected chi connectivity index (χ0v) is 15.7. The van der Waals surface area contributed by atoms with Gasteiger partial charge in [-0.05, 0) is 23.3 Å². The second-order valence-electron chi connectivity index (χ2n) is 6.70. The van der Waals surface area contributed by atoms with E-state index in [0.29, 0.717) is 11.1 Å². The van der Waals surface area contributed by atoms with Crippen molar-refractivity contribution in [2.75, 3.05) is 0 Å². The number of benzene rings is 2. The minimum atomic E-state index is -0.843. The third-order valence-corrected chi connectivity index (χ3v) is 4.64. The Kier molecular flexibility index (Phi) is 5.36. The summed E-state index contributed by atoms with van der Waals surface area (Å²) >= 11 is 0. The van der Waals surface area contributed by atoms with E-state index in [4.69, 9.17) is 0 Å². The second-order valence-corrected chi connectivity index (χ2v) is 6.70. The standard InChI is InChI=1S/C23H17F2N3O2/c24-18-9-8-17(20(25)10-18)14-28(30)23(29)21-11-19-16(12-26-22(19)13-27-21)7-6-15-4-2-1-3-5-15/h1-13,26,30H,14H2. The zero-order valence-electron chi connectivity index (χ0n) is 15.7. The van der Waals surface area contributed by atoms with Crippen LogP contribution < -0.4 is 0 Å².